The summed E-state index contributed by atoms with van der Waals surface area (Å²) in [6.45, 7) is 7.88. The minimum Gasteiger partial charge on any atom is -0.312 e. The summed E-state index contributed by atoms with van der Waals surface area (Å²) < 4.78 is 2.07. The third-order valence-electron chi connectivity index (χ3n) is 4.12. The van der Waals surface area contributed by atoms with Gasteiger partial charge >= 0.3 is 0 Å². The van der Waals surface area contributed by atoms with E-state index in [-0.39, 0.29) is 0 Å². The van der Waals surface area contributed by atoms with Gasteiger partial charge in [-0.2, -0.15) is 0 Å². The maximum Gasteiger partial charge on any atom is 0.160 e. The predicted octanol–water partition coefficient (Wildman–Crippen LogP) is 1.34. The van der Waals surface area contributed by atoms with Crippen LogP contribution in [-0.2, 0) is 6.42 Å². The Kier molecular flexibility index (Phi) is 3.98. The highest BCUT2D eigenvalue weighted by molar-refractivity contribution is 5.36. The van der Waals surface area contributed by atoms with Gasteiger partial charge in [-0.25, -0.2) is 0 Å². The summed E-state index contributed by atoms with van der Waals surface area (Å²) in [7, 11) is 0. The first kappa shape index (κ1) is 13.5. The first-order valence-electron chi connectivity index (χ1n) is 7.50. The quantitative estimate of drug-likeness (QED) is 0.893. The van der Waals surface area contributed by atoms with Crippen LogP contribution < -0.4 is 5.32 Å². The van der Waals surface area contributed by atoms with Crippen LogP contribution in [0.25, 0.3) is 5.65 Å². The molecule has 1 fully saturated rings. The molecule has 108 valence electrons. The van der Waals surface area contributed by atoms with Gasteiger partial charge in [0.25, 0.3) is 0 Å². The molecule has 0 aliphatic carbocycles. The molecule has 1 saturated heterocycles. The molecule has 0 saturated carbocycles. The summed E-state index contributed by atoms with van der Waals surface area (Å²) >= 11 is 0. The average molecular weight is 273 g/mol. The Morgan fingerprint density at radius 3 is 3.05 bits per heavy atom. The molecular weight excluding hydrogens is 250 g/mol. The number of hydrogen-bond donors (Lipinski definition) is 1. The summed E-state index contributed by atoms with van der Waals surface area (Å²) in [6.07, 6.45) is 4.20. The molecule has 1 aliphatic heterocycles. The van der Waals surface area contributed by atoms with Crippen molar-refractivity contribution < 1.29 is 0 Å². The molecule has 3 heterocycles. The predicted molar refractivity (Wildman–Crippen MR) is 79.8 cm³/mol. The molecule has 3 rings (SSSR count). The summed E-state index contributed by atoms with van der Waals surface area (Å²) in [5.41, 5.74) is 0.925. The first-order valence-corrected chi connectivity index (χ1v) is 7.50. The fourth-order valence-corrected chi connectivity index (χ4v) is 2.87. The summed E-state index contributed by atoms with van der Waals surface area (Å²) in [5.74, 6) is 1.03. The number of nitrogens with one attached hydrogen (secondary N) is 1. The van der Waals surface area contributed by atoms with Crippen molar-refractivity contribution in [3.63, 3.8) is 0 Å². The van der Waals surface area contributed by atoms with Gasteiger partial charge in [-0.3, -0.25) is 9.30 Å². The van der Waals surface area contributed by atoms with E-state index in [9.17, 15) is 0 Å². The van der Waals surface area contributed by atoms with E-state index >= 15 is 0 Å². The Balaban J connectivity index is 1.51. The fourth-order valence-electron chi connectivity index (χ4n) is 2.87. The molecule has 1 N–H and O–H groups in total. The second-order valence-electron chi connectivity index (χ2n) is 5.82. The number of aromatic nitrogens is 3. The van der Waals surface area contributed by atoms with Gasteiger partial charge in [0.05, 0.1) is 0 Å². The zero-order valence-electron chi connectivity index (χ0n) is 12.3. The topological polar surface area (TPSA) is 45.5 Å². The maximum absolute atomic E-state index is 4.27. The summed E-state index contributed by atoms with van der Waals surface area (Å²) in [4.78, 5) is 2.53. The van der Waals surface area contributed by atoms with Gasteiger partial charge in [-0.15, -0.1) is 10.2 Å². The Bertz CT molecular complexity index is 562. The molecule has 2 aromatic rings. The summed E-state index contributed by atoms with van der Waals surface area (Å²) in [6, 6.07) is 7.27. The lowest BCUT2D eigenvalue weighted by Crippen LogP contribution is -2.36. The van der Waals surface area contributed by atoms with Crippen LogP contribution in [-0.4, -0.2) is 51.2 Å². The normalized spacial score (nSPS) is 20.2. The number of hydrogen-bond acceptors (Lipinski definition) is 4. The van der Waals surface area contributed by atoms with Crippen LogP contribution in [0.1, 0.15) is 26.1 Å². The third-order valence-corrected chi connectivity index (χ3v) is 4.12. The molecule has 0 bridgehead atoms. The van der Waals surface area contributed by atoms with Gasteiger partial charge in [0.2, 0.25) is 0 Å². The van der Waals surface area contributed by atoms with E-state index in [2.05, 4.69) is 38.7 Å². The van der Waals surface area contributed by atoms with Crippen LogP contribution in [0.3, 0.4) is 0 Å². The molecular formula is C15H23N5. The number of nitrogens with zero attached hydrogens (tertiary/aromatic N) is 4. The van der Waals surface area contributed by atoms with Crippen LogP contribution in [0.15, 0.2) is 24.4 Å². The van der Waals surface area contributed by atoms with Crippen molar-refractivity contribution in [3.05, 3.63) is 30.2 Å². The highest BCUT2D eigenvalue weighted by Crippen LogP contribution is 2.12. The Hall–Kier alpha value is -1.46. The third kappa shape index (κ3) is 2.83. The van der Waals surface area contributed by atoms with Crippen molar-refractivity contribution in [1.82, 2.24) is 24.8 Å². The van der Waals surface area contributed by atoms with Crippen molar-refractivity contribution in [2.45, 2.75) is 38.8 Å². The van der Waals surface area contributed by atoms with E-state index in [4.69, 9.17) is 0 Å². The van der Waals surface area contributed by atoms with Crippen molar-refractivity contribution >= 4 is 5.65 Å². The van der Waals surface area contributed by atoms with Gasteiger partial charge in [0, 0.05) is 37.8 Å². The monoisotopic (exact) mass is 273 g/mol. The molecule has 20 heavy (non-hydrogen) atoms. The molecule has 1 atom stereocenters. The molecule has 0 amide bonds. The molecule has 1 unspecified atom stereocenters. The lowest BCUT2D eigenvalue weighted by Gasteiger charge is -2.20. The standard InChI is InChI=1S/C15H23N5/c1-12(2)19-10-7-13(11-19)16-8-6-15-18-17-14-5-3-4-9-20(14)15/h3-5,9,12-13,16H,6-8,10-11H2,1-2H3. The minimum absolute atomic E-state index is 0.622. The largest absolute Gasteiger partial charge is 0.312 e. The van der Waals surface area contributed by atoms with Crippen molar-refractivity contribution in [2.24, 2.45) is 0 Å². The Labute approximate surface area is 120 Å². The van der Waals surface area contributed by atoms with E-state index < -0.39 is 0 Å². The molecule has 0 aromatic carbocycles. The molecule has 1 aliphatic rings. The van der Waals surface area contributed by atoms with Crippen LogP contribution in [0.4, 0.5) is 0 Å². The minimum atomic E-state index is 0.622. The lowest BCUT2D eigenvalue weighted by atomic mass is 10.2. The Morgan fingerprint density at radius 1 is 1.35 bits per heavy atom. The van der Waals surface area contributed by atoms with Gasteiger partial charge < -0.3 is 5.32 Å². The van der Waals surface area contributed by atoms with Crippen LogP contribution in [0, 0.1) is 0 Å². The number of fused-ring (bicyclic) bond motifs is 1. The van der Waals surface area contributed by atoms with E-state index in [1.54, 1.807) is 0 Å². The summed E-state index contributed by atoms with van der Waals surface area (Å²) in [5, 5.41) is 12.1. The van der Waals surface area contributed by atoms with Crippen LogP contribution >= 0.6 is 0 Å². The molecule has 0 spiro atoms. The maximum atomic E-state index is 4.27. The van der Waals surface area contributed by atoms with Crippen LogP contribution in [0.5, 0.6) is 0 Å². The number of rotatable bonds is 5. The van der Waals surface area contributed by atoms with Gasteiger partial charge in [0.1, 0.15) is 5.82 Å². The second-order valence-corrected chi connectivity index (χ2v) is 5.82. The van der Waals surface area contributed by atoms with Crippen molar-refractivity contribution in [1.29, 1.82) is 0 Å². The number of likely N-dealkylation sites (tertiary alicyclic amines) is 1. The highest BCUT2D eigenvalue weighted by atomic mass is 15.2. The molecule has 0 radical (unpaired) electrons. The molecule has 2 aromatic heterocycles. The molecule has 5 nitrogen and oxygen atoms in total. The molecule has 5 heteroatoms. The lowest BCUT2D eigenvalue weighted by molar-refractivity contribution is 0.268. The highest BCUT2D eigenvalue weighted by Gasteiger charge is 2.23. The van der Waals surface area contributed by atoms with E-state index in [0.717, 1.165) is 31.0 Å². The smallest absolute Gasteiger partial charge is 0.160 e. The number of pyridine rings is 1. The van der Waals surface area contributed by atoms with Crippen molar-refractivity contribution in [2.75, 3.05) is 19.6 Å². The van der Waals surface area contributed by atoms with E-state index in [1.165, 1.54) is 13.0 Å². The average Bonchev–Trinajstić information content (AvgIpc) is 3.06. The SMILES string of the molecule is CC(C)N1CCC(NCCc2nnc3ccccn23)C1. The van der Waals surface area contributed by atoms with Gasteiger partial charge in [-0.1, -0.05) is 6.07 Å². The Morgan fingerprint density at radius 2 is 2.25 bits per heavy atom. The van der Waals surface area contributed by atoms with E-state index in [0.29, 0.717) is 12.1 Å². The zero-order valence-corrected chi connectivity index (χ0v) is 12.3. The van der Waals surface area contributed by atoms with E-state index in [1.807, 2.05) is 24.4 Å². The van der Waals surface area contributed by atoms with Gasteiger partial charge in [-0.05, 0) is 38.9 Å². The fraction of sp³-hybridized carbons (Fsp3) is 0.600. The van der Waals surface area contributed by atoms with Crippen LogP contribution in [0.2, 0.25) is 0 Å². The van der Waals surface area contributed by atoms with Crippen molar-refractivity contribution in [3.8, 4) is 0 Å². The second kappa shape index (κ2) is 5.89. The van der Waals surface area contributed by atoms with Gasteiger partial charge in [0.15, 0.2) is 5.65 Å². The first-order chi connectivity index (χ1) is 9.74. The zero-order chi connectivity index (χ0) is 13.9.